The van der Waals surface area contributed by atoms with Crippen molar-refractivity contribution in [3.63, 3.8) is 0 Å². The molecule has 3 N–H and O–H groups in total. The molecular weight excluding hydrogens is 212 g/mol. The fourth-order valence-electron chi connectivity index (χ4n) is 2.65. The van der Waals surface area contributed by atoms with Crippen LogP contribution in [-0.4, -0.2) is 23.1 Å². The number of hydrogen-bond acceptors (Lipinski definition) is 3. The molecule has 0 aromatic heterocycles. The van der Waals surface area contributed by atoms with Crippen molar-refractivity contribution >= 4 is 5.69 Å². The molecule has 1 saturated carbocycles. The van der Waals surface area contributed by atoms with Gasteiger partial charge >= 0.3 is 0 Å². The maximum atomic E-state index is 9.80. The zero-order chi connectivity index (χ0) is 12.3. The van der Waals surface area contributed by atoms with E-state index in [9.17, 15) is 5.11 Å². The van der Waals surface area contributed by atoms with Crippen LogP contribution >= 0.6 is 0 Å². The smallest absolute Gasteiger partial charge is 0.120 e. The number of anilines is 1. The minimum absolute atomic E-state index is 0.349. The summed E-state index contributed by atoms with van der Waals surface area (Å²) in [7, 11) is 2.14. The first kappa shape index (κ1) is 12.2. The molecule has 0 saturated heterocycles. The number of benzene rings is 1. The largest absolute Gasteiger partial charge is 0.508 e. The summed E-state index contributed by atoms with van der Waals surface area (Å²) in [6.07, 6.45) is 6.59. The van der Waals surface area contributed by atoms with Crippen molar-refractivity contribution < 1.29 is 5.11 Å². The number of phenols is 1. The van der Waals surface area contributed by atoms with Crippen molar-refractivity contribution in [3.05, 3.63) is 23.8 Å². The standard InChI is InChI=1S/C14H22N2O/c1-16(13-5-3-2-4-6-13)10-11-9-12(15)7-8-14(11)17/h7-9,13,17H,2-6,10,15H2,1H3. The Morgan fingerprint density at radius 2 is 2.00 bits per heavy atom. The molecule has 1 aromatic rings. The van der Waals surface area contributed by atoms with Crippen LogP contribution in [0.15, 0.2) is 18.2 Å². The lowest BCUT2D eigenvalue weighted by molar-refractivity contribution is 0.183. The van der Waals surface area contributed by atoms with Gasteiger partial charge in [0.2, 0.25) is 0 Å². The highest BCUT2D eigenvalue weighted by Gasteiger charge is 2.18. The third-order valence-electron chi connectivity index (χ3n) is 3.72. The van der Waals surface area contributed by atoms with Crippen LogP contribution in [0.25, 0.3) is 0 Å². The SMILES string of the molecule is CN(Cc1cc(N)ccc1O)C1CCCCC1. The third-order valence-corrected chi connectivity index (χ3v) is 3.72. The van der Waals surface area contributed by atoms with Crippen LogP contribution in [-0.2, 0) is 6.54 Å². The van der Waals surface area contributed by atoms with Gasteiger partial charge in [-0.25, -0.2) is 0 Å². The predicted molar refractivity (Wildman–Crippen MR) is 70.9 cm³/mol. The normalized spacial score (nSPS) is 17.5. The van der Waals surface area contributed by atoms with Gasteiger partial charge in [-0.15, -0.1) is 0 Å². The van der Waals surface area contributed by atoms with Crippen molar-refractivity contribution in [2.75, 3.05) is 12.8 Å². The summed E-state index contributed by atoms with van der Waals surface area (Å²) in [6.45, 7) is 0.779. The highest BCUT2D eigenvalue weighted by Crippen LogP contribution is 2.26. The maximum Gasteiger partial charge on any atom is 0.120 e. The Morgan fingerprint density at radius 3 is 2.71 bits per heavy atom. The summed E-state index contributed by atoms with van der Waals surface area (Å²) in [5.41, 5.74) is 7.40. The van der Waals surface area contributed by atoms with Crippen molar-refractivity contribution in [3.8, 4) is 5.75 Å². The fraction of sp³-hybridized carbons (Fsp3) is 0.571. The number of nitrogens with two attached hydrogens (primary N) is 1. The van der Waals surface area contributed by atoms with Gasteiger partial charge in [-0.2, -0.15) is 0 Å². The molecule has 3 heteroatoms. The Balaban J connectivity index is 2.01. The van der Waals surface area contributed by atoms with Crippen LogP contribution in [0.2, 0.25) is 0 Å². The minimum Gasteiger partial charge on any atom is -0.508 e. The number of nitrogens with zero attached hydrogens (tertiary/aromatic N) is 1. The van der Waals surface area contributed by atoms with E-state index in [2.05, 4.69) is 11.9 Å². The first-order valence-corrected chi connectivity index (χ1v) is 6.44. The van der Waals surface area contributed by atoms with E-state index in [0.29, 0.717) is 11.8 Å². The summed E-state index contributed by atoms with van der Waals surface area (Å²) < 4.78 is 0. The molecule has 0 bridgehead atoms. The molecule has 1 fully saturated rings. The van der Waals surface area contributed by atoms with Crippen molar-refractivity contribution in [1.29, 1.82) is 0 Å². The lowest BCUT2D eigenvalue weighted by Gasteiger charge is -2.31. The van der Waals surface area contributed by atoms with Crippen molar-refractivity contribution in [2.45, 2.75) is 44.7 Å². The Hall–Kier alpha value is -1.22. The molecule has 17 heavy (non-hydrogen) atoms. The van der Waals surface area contributed by atoms with Crippen LogP contribution in [0.3, 0.4) is 0 Å². The van der Waals surface area contributed by atoms with E-state index >= 15 is 0 Å². The Morgan fingerprint density at radius 1 is 1.29 bits per heavy atom. The lowest BCUT2D eigenvalue weighted by atomic mass is 9.94. The molecule has 1 aliphatic carbocycles. The fourth-order valence-corrected chi connectivity index (χ4v) is 2.65. The molecule has 3 nitrogen and oxygen atoms in total. The molecule has 0 heterocycles. The van der Waals surface area contributed by atoms with Crippen LogP contribution in [0, 0.1) is 0 Å². The van der Waals surface area contributed by atoms with E-state index in [-0.39, 0.29) is 0 Å². The first-order chi connectivity index (χ1) is 8.16. The second-order valence-electron chi connectivity index (χ2n) is 5.10. The van der Waals surface area contributed by atoms with E-state index in [4.69, 9.17) is 5.73 Å². The molecule has 0 amide bonds. The summed E-state index contributed by atoms with van der Waals surface area (Å²) >= 11 is 0. The van der Waals surface area contributed by atoms with Crippen molar-refractivity contribution in [1.82, 2.24) is 4.90 Å². The van der Waals surface area contributed by atoms with Gasteiger partial charge in [0.1, 0.15) is 5.75 Å². The Labute approximate surface area is 103 Å². The average molecular weight is 234 g/mol. The molecule has 1 aliphatic rings. The second kappa shape index (κ2) is 5.41. The number of nitrogen functional groups attached to an aromatic ring is 1. The summed E-state index contributed by atoms with van der Waals surface area (Å²) in [6, 6.07) is 5.94. The van der Waals surface area contributed by atoms with Gasteiger partial charge < -0.3 is 10.8 Å². The topological polar surface area (TPSA) is 49.5 Å². The molecule has 0 atom stereocenters. The van der Waals surface area contributed by atoms with Crippen LogP contribution in [0.4, 0.5) is 5.69 Å². The van der Waals surface area contributed by atoms with Gasteiger partial charge in [0.05, 0.1) is 0 Å². The van der Waals surface area contributed by atoms with Crippen LogP contribution in [0.5, 0.6) is 5.75 Å². The van der Waals surface area contributed by atoms with Gasteiger partial charge in [0.25, 0.3) is 0 Å². The molecule has 2 rings (SSSR count). The second-order valence-corrected chi connectivity index (χ2v) is 5.10. The monoisotopic (exact) mass is 234 g/mol. The quantitative estimate of drug-likeness (QED) is 0.624. The summed E-state index contributed by atoms with van der Waals surface area (Å²) in [5, 5.41) is 9.80. The number of phenolic OH excluding ortho intramolecular Hbond substituents is 1. The summed E-state index contributed by atoms with van der Waals surface area (Å²) in [5.74, 6) is 0.349. The highest BCUT2D eigenvalue weighted by molar-refractivity contribution is 5.47. The number of hydrogen-bond donors (Lipinski definition) is 2. The van der Waals surface area contributed by atoms with Crippen LogP contribution in [0.1, 0.15) is 37.7 Å². The van der Waals surface area contributed by atoms with E-state index in [0.717, 1.165) is 17.8 Å². The van der Waals surface area contributed by atoms with E-state index in [1.54, 1.807) is 12.1 Å². The van der Waals surface area contributed by atoms with E-state index in [1.807, 2.05) is 6.07 Å². The Bertz CT molecular complexity index is 372. The zero-order valence-electron chi connectivity index (χ0n) is 10.5. The molecular formula is C14H22N2O. The van der Waals surface area contributed by atoms with Gasteiger partial charge in [0, 0.05) is 23.8 Å². The predicted octanol–water partition coefficient (Wildman–Crippen LogP) is 2.74. The highest BCUT2D eigenvalue weighted by atomic mass is 16.3. The minimum atomic E-state index is 0.349. The van der Waals surface area contributed by atoms with Gasteiger partial charge in [-0.3, -0.25) is 4.90 Å². The van der Waals surface area contributed by atoms with Gasteiger partial charge in [-0.1, -0.05) is 19.3 Å². The third kappa shape index (κ3) is 3.13. The maximum absolute atomic E-state index is 9.80. The molecule has 1 aromatic carbocycles. The molecule has 94 valence electrons. The lowest BCUT2D eigenvalue weighted by Crippen LogP contribution is -2.32. The van der Waals surface area contributed by atoms with Gasteiger partial charge in [-0.05, 0) is 38.1 Å². The van der Waals surface area contributed by atoms with Crippen molar-refractivity contribution in [2.24, 2.45) is 0 Å². The number of rotatable bonds is 3. The molecule has 0 unspecified atom stereocenters. The molecule has 0 aliphatic heterocycles. The molecule has 0 spiro atoms. The van der Waals surface area contributed by atoms with Crippen LogP contribution < -0.4 is 5.73 Å². The average Bonchev–Trinajstić information content (AvgIpc) is 2.35. The summed E-state index contributed by atoms with van der Waals surface area (Å²) in [4.78, 5) is 2.34. The van der Waals surface area contributed by atoms with Gasteiger partial charge in [0.15, 0.2) is 0 Å². The van der Waals surface area contributed by atoms with E-state index < -0.39 is 0 Å². The molecule has 0 radical (unpaired) electrons. The van der Waals surface area contributed by atoms with E-state index in [1.165, 1.54) is 32.1 Å². The Kier molecular flexibility index (Phi) is 3.89. The zero-order valence-corrected chi connectivity index (χ0v) is 10.5. The first-order valence-electron chi connectivity index (χ1n) is 6.44. The number of aromatic hydroxyl groups is 1.